The predicted molar refractivity (Wildman–Crippen MR) is 60.0 cm³/mol. The summed E-state index contributed by atoms with van der Waals surface area (Å²) < 4.78 is 30.8. The molecule has 17 heavy (non-hydrogen) atoms. The maximum absolute atomic E-state index is 13.0. The molecule has 0 unspecified atom stereocenters. The van der Waals surface area contributed by atoms with Gasteiger partial charge in [0.1, 0.15) is 5.75 Å². The highest BCUT2D eigenvalue weighted by Gasteiger charge is 2.04. The number of hydrogen-bond acceptors (Lipinski definition) is 2. The second kappa shape index (κ2) is 4.91. The summed E-state index contributed by atoms with van der Waals surface area (Å²) >= 11 is 0. The van der Waals surface area contributed by atoms with Gasteiger partial charge in [0.25, 0.3) is 0 Å². The predicted octanol–water partition coefficient (Wildman–Crippen LogP) is 2.96. The van der Waals surface area contributed by atoms with E-state index in [1.165, 1.54) is 6.07 Å². The number of halogens is 2. The van der Waals surface area contributed by atoms with E-state index in [0.717, 1.165) is 11.6 Å². The van der Waals surface area contributed by atoms with Gasteiger partial charge in [0, 0.05) is 6.20 Å². The van der Waals surface area contributed by atoms with E-state index in [1.807, 2.05) is 6.07 Å². The summed E-state index contributed by atoms with van der Waals surface area (Å²) in [5.74, 6) is -1.03. The third-order valence-electron chi connectivity index (χ3n) is 2.40. The second-order valence-corrected chi connectivity index (χ2v) is 3.66. The topological polar surface area (TPSA) is 22.1 Å². The van der Waals surface area contributed by atoms with Gasteiger partial charge in [0.2, 0.25) is 0 Å². The van der Waals surface area contributed by atoms with Crippen molar-refractivity contribution >= 4 is 0 Å². The Bertz CT molecular complexity index is 529. The van der Waals surface area contributed by atoms with Gasteiger partial charge in [-0.25, -0.2) is 8.78 Å². The van der Waals surface area contributed by atoms with Crippen molar-refractivity contribution in [2.24, 2.45) is 0 Å². The fourth-order valence-corrected chi connectivity index (χ4v) is 1.56. The smallest absolute Gasteiger partial charge is 0.159 e. The first-order valence-electron chi connectivity index (χ1n) is 5.11. The van der Waals surface area contributed by atoms with Crippen molar-refractivity contribution in [2.45, 2.75) is 6.42 Å². The summed E-state index contributed by atoms with van der Waals surface area (Å²) in [5, 5.41) is 0. The summed E-state index contributed by atoms with van der Waals surface area (Å²) in [6.45, 7) is 0. The Balaban J connectivity index is 2.22. The summed E-state index contributed by atoms with van der Waals surface area (Å²) in [7, 11) is 1.55. The van der Waals surface area contributed by atoms with Crippen molar-refractivity contribution in [1.82, 2.24) is 4.98 Å². The van der Waals surface area contributed by atoms with Crippen molar-refractivity contribution in [3.05, 3.63) is 59.4 Å². The molecule has 0 saturated heterocycles. The van der Waals surface area contributed by atoms with E-state index in [0.29, 0.717) is 17.7 Å². The SMILES string of the molecule is COc1cncc(Cc2ccc(F)c(F)c2)c1. The maximum atomic E-state index is 13.0. The van der Waals surface area contributed by atoms with Gasteiger partial charge in [-0.05, 0) is 35.7 Å². The van der Waals surface area contributed by atoms with E-state index in [4.69, 9.17) is 4.74 Å². The first kappa shape index (κ1) is 11.5. The number of benzene rings is 1. The molecule has 0 radical (unpaired) electrons. The second-order valence-electron chi connectivity index (χ2n) is 3.66. The molecule has 1 aromatic carbocycles. The van der Waals surface area contributed by atoms with Gasteiger partial charge in [-0.3, -0.25) is 4.98 Å². The Kier molecular flexibility index (Phi) is 3.32. The summed E-state index contributed by atoms with van der Waals surface area (Å²) in [6.07, 6.45) is 3.75. The first-order chi connectivity index (χ1) is 8.19. The average molecular weight is 235 g/mol. The van der Waals surface area contributed by atoms with Gasteiger partial charge in [-0.1, -0.05) is 6.07 Å². The number of rotatable bonds is 3. The van der Waals surface area contributed by atoms with Gasteiger partial charge in [-0.15, -0.1) is 0 Å². The molecule has 0 fully saturated rings. The summed E-state index contributed by atoms with van der Waals surface area (Å²) in [6, 6.07) is 5.68. The van der Waals surface area contributed by atoms with E-state index in [2.05, 4.69) is 4.98 Å². The number of hydrogen-bond donors (Lipinski definition) is 0. The van der Waals surface area contributed by atoms with Crippen LogP contribution in [0.25, 0.3) is 0 Å². The van der Waals surface area contributed by atoms with Crippen LogP contribution in [-0.4, -0.2) is 12.1 Å². The highest BCUT2D eigenvalue weighted by molar-refractivity contribution is 5.29. The molecule has 0 aliphatic heterocycles. The van der Waals surface area contributed by atoms with Crippen LogP contribution in [0.2, 0.25) is 0 Å². The fourth-order valence-electron chi connectivity index (χ4n) is 1.56. The lowest BCUT2D eigenvalue weighted by Crippen LogP contribution is -1.93. The molecule has 0 saturated carbocycles. The fraction of sp³-hybridized carbons (Fsp3) is 0.154. The zero-order valence-electron chi connectivity index (χ0n) is 9.28. The summed E-state index contributed by atoms with van der Waals surface area (Å²) in [4.78, 5) is 4.00. The largest absolute Gasteiger partial charge is 0.495 e. The molecule has 2 nitrogen and oxygen atoms in total. The Hall–Kier alpha value is -1.97. The van der Waals surface area contributed by atoms with Crippen molar-refractivity contribution in [3.63, 3.8) is 0 Å². The molecule has 1 heterocycles. The highest BCUT2D eigenvalue weighted by Crippen LogP contribution is 2.16. The lowest BCUT2D eigenvalue weighted by Gasteiger charge is -2.04. The van der Waals surface area contributed by atoms with E-state index >= 15 is 0 Å². The van der Waals surface area contributed by atoms with E-state index in [1.54, 1.807) is 25.6 Å². The van der Waals surface area contributed by atoms with Gasteiger partial charge >= 0.3 is 0 Å². The molecule has 0 bridgehead atoms. The first-order valence-corrected chi connectivity index (χ1v) is 5.11. The van der Waals surface area contributed by atoms with Crippen LogP contribution in [-0.2, 0) is 6.42 Å². The van der Waals surface area contributed by atoms with Gasteiger partial charge in [-0.2, -0.15) is 0 Å². The minimum Gasteiger partial charge on any atom is -0.495 e. The molecular weight excluding hydrogens is 224 g/mol. The molecule has 0 N–H and O–H groups in total. The zero-order valence-corrected chi connectivity index (χ0v) is 9.28. The molecule has 0 spiro atoms. The normalized spacial score (nSPS) is 10.3. The standard InChI is InChI=1S/C13H11F2NO/c1-17-11-5-10(7-16-8-11)4-9-2-3-12(14)13(15)6-9/h2-3,5-8H,4H2,1H3. The molecular formula is C13H11F2NO. The number of nitrogens with zero attached hydrogens (tertiary/aromatic N) is 1. The zero-order chi connectivity index (χ0) is 12.3. The Morgan fingerprint density at radius 3 is 2.59 bits per heavy atom. The minimum absolute atomic E-state index is 0.488. The quantitative estimate of drug-likeness (QED) is 0.816. The van der Waals surface area contributed by atoms with E-state index < -0.39 is 11.6 Å². The van der Waals surface area contributed by atoms with E-state index in [9.17, 15) is 8.78 Å². The number of pyridine rings is 1. The van der Waals surface area contributed by atoms with Crippen LogP contribution in [0.4, 0.5) is 8.78 Å². The Morgan fingerprint density at radius 2 is 1.88 bits per heavy atom. The number of ether oxygens (including phenoxy) is 1. The van der Waals surface area contributed by atoms with Crippen LogP contribution in [0.3, 0.4) is 0 Å². The number of aromatic nitrogens is 1. The van der Waals surface area contributed by atoms with Crippen LogP contribution >= 0.6 is 0 Å². The van der Waals surface area contributed by atoms with Crippen molar-refractivity contribution in [1.29, 1.82) is 0 Å². The maximum Gasteiger partial charge on any atom is 0.159 e. The Labute approximate surface area is 97.9 Å². The lowest BCUT2D eigenvalue weighted by atomic mass is 10.1. The van der Waals surface area contributed by atoms with Crippen molar-refractivity contribution in [2.75, 3.05) is 7.11 Å². The lowest BCUT2D eigenvalue weighted by molar-refractivity contribution is 0.412. The Morgan fingerprint density at radius 1 is 1.06 bits per heavy atom. The third-order valence-corrected chi connectivity index (χ3v) is 2.40. The molecule has 4 heteroatoms. The summed E-state index contributed by atoms with van der Waals surface area (Å²) in [5.41, 5.74) is 1.58. The molecule has 0 aliphatic carbocycles. The monoisotopic (exact) mass is 235 g/mol. The van der Waals surface area contributed by atoms with Crippen LogP contribution in [0.1, 0.15) is 11.1 Å². The van der Waals surface area contributed by atoms with Crippen LogP contribution in [0, 0.1) is 11.6 Å². The van der Waals surface area contributed by atoms with Gasteiger partial charge < -0.3 is 4.74 Å². The molecule has 0 atom stereocenters. The molecule has 2 aromatic rings. The highest BCUT2D eigenvalue weighted by atomic mass is 19.2. The van der Waals surface area contributed by atoms with E-state index in [-0.39, 0.29) is 0 Å². The number of methoxy groups -OCH3 is 1. The molecule has 2 rings (SSSR count). The molecule has 0 aliphatic rings. The van der Waals surface area contributed by atoms with Gasteiger partial charge in [0.15, 0.2) is 11.6 Å². The van der Waals surface area contributed by atoms with Crippen molar-refractivity contribution < 1.29 is 13.5 Å². The van der Waals surface area contributed by atoms with Gasteiger partial charge in [0.05, 0.1) is 13.3 Å². The molecule has 0 amide bonds. The van der Waals surface area contributed by atoms with Crippen LogP contribution in [0.5, 0.6) is 5.75 Å². The molecule has 1 aromatic heterocycles. The molecule has 88 valence electrons. The third kappa shape index (κ3) is 2.78. The van der Waals surface area contributed by atoms with Crippen LogP contribution in [0.15, 0.2) is 36.7 Å². The van der Waals surface area contributed by atoms with Crippen LogP contribution < -0.4 is 4.74 Å². The van der Waals surface area contributed by atoms with Crippen molar-refractivity contribution in [3.8, 4) is 5.75 Å². The minimum atomic E-state index is -0.836. The average Bonchev–Trinajstić information content (AvgIpc) is 2.34.